The first kappa shape index (κ1) is 19.2. The number of ether oxygens (including phenoxy) is 1. The number of aryl methyl sites for hydroxylation is 1. The van der Waals surface area contributed by atoms with Crippen LogP contribution in [0, 0.1) is 0 Å². The van der Waals surface area contributed by atoms with E-state index in [4.69, 9.17) is 14.9 Å². The second-order valence-corrected chi connectivity index (χ2v) is 9.18. The summed E-state index contributed by atoms with van der Waals surface area (Å²) in [5.74, 6) is 1.25. The van der Waals surface area contributed by atoms with Crippen LogP contribution in [0.25, 0.3) is 10.2 Å². The van der Waals surface area contributed by atoms with Gasteiger partial charge in [-0.05, 0) is 44.4 Å². The molecule has 0 saturated heterocycles. The van der Waals surface area contributed by atoms with E-state index in [1.54, 1.807) is 22.2 Å². The van der Waals surface area contributed by atoms with Gasteiger partial charge in [-0.3, -0.25) is 0 Å². The lowest BCUT2D eigenvalue weighted by Gasteiger charge is -2.29. The molecule has 0 bridgehead atoms. The monoisotopic (exact) mass is 402 g/mol. The van der Waals surface area contributed by atoms with Crippen molar-refractivity contribution in [2.24, 2.45) is 0 Å². The Morgan fingerprint density at radius 3 is 2.89 bits per heavy atom. The third-order valence-electron chi connectivity index (χ3n) is 5.40. The third kappa shape index (κ3) is 3.37. The van der Waals surface area contributed by atoms with E-state index in [1.807, 2.05) is 16.7 Å². The molecule has 3 aromatic rings. The van der Waals surface area contributed by atoms with Crippen LogP contribution in [0.2, 0.25) is 0 Å². The predicted molar refractivity (Wildman–Crippen MR) is 111 cm³/mol. The van der Waals surface area contributed by atoms with Crippen LogP contribution in [0.1, 0.15) is 56.2 Å². The summed E-state index contributed by atoms with van der Waals surface area (Å²) in [7, 11) is 0. The molecule has 4 heterocycles. The zero-order chi connectivity index (χ0) is 19.9. The maximum atomic E-state index is 13.3. The minimum Gasteiger partial charge on any atom is -0.465 e. The number of fused-ring (bicyclic) bond motifs is 3. The van der Waals surface area contributed by atoms with Crippen LogP contribution in [0.3, 0.4) is 0 Å². The fourth-order valence-corrected chi connectivity index (χ4v) is 5.15. The third-order valence-corrected chi connectivity index (χ3v) is 6.63. The molecular formula is C21H28N3O3S+. The van der Waals surface area contributed by atoms with Crippen molar-refractivity contribution in [2.75, 3.05) is 5.73 Å². The Hall–Kier alpha value is -2.12. The van der Waals surface area contributed by atoms with Crippen LogP contribution in [0.5, 0.6) is 0 Å². The Kier molecular flexibility index (Phi) is 5.05. The van der Waals surface area contributed by atoms with Gasteiger partial charge >= 0.3 is 5.69 Å². The molecule has 0 radical (unpaired) electrons. The maximum absolute atomic E-state index is 13.3. The lowest BCUT2D eigenvalue weighted by molar-refractivity contribution is -0.688. The van der Waals surface area contributed by atoms with E-state index >= 15 is 0 Å². The maximum Gasteiger partial charge on any atom is 0.501 e. The molecule has 0 amide bonds. The van der Waals surface area contributed by atoms with Gasteiger partial charge in [0.05, 0.1) is 25.0 Å². The number of nitrogens with zero attached hydrogens (tertiary/aromatic N) is 2. The first-order valence-corrected chi connectivity index (χ1v) is 10.8. The van der Waals surface area contributed by atoms with E-state index in [-0.39, 0.29) is 11.3 Å². The molecule has 6 nitrogen and oxygen atoms in total. The quantitative estimate of drug-likeness (QED) is 0.505. The van der Waals surface area contributed by atoms with Gasteiger partial charge in [0.25, 0.3) is 0 Å². The summed E-state index contributed by atoms with van der Waals surface area (Å²) in [6.07, 6.45) is 5.60. The number of anilines is 1. The second-order valence-electron chi connectivity index (χ2n) is 8.10. The van der Waals surface area contributed by atoms with E-state index in [0.717, 1.165) is 41.7 Å². The van der Waals surface area contributed by atoms with Gasteiger partial charge < -0.3 is 14.9 Å². The minimum atomic E-state index is -0.234. The second kappa shape index (κ2) is 7.37. The molecule has 28 heavy (non-hydrogen) atoms. The van der Waals surface area contributed by atoms with Crippen molar-refractivity contribution in [3.8, 4) is 0 Å². The summed E-state index contributed by atoms with van der Waals surface area (Å²) in [5, 5.41) is 1.01. The molecular weight excluding hydrogens is 374 g/mol. The highest BCUT2D eigenvalue weighted by molar-refractivity contribution is 7.18. The average Bonchev–Trinajstić information content (AvgIpc) is 3.28. The fraction of sp³-hybridized carbons (Fsp3) is 0.524. The van der Waals surface area contributed by atoms with Gasteiger partial charge in [0, 0.05) is 11.3 Å². The number of thiophene rings is 1. The predicted octanol–water partition coefficient (Wildman–Crippen LogP) is 3.62. The number of unbranched alkanes of at least 4 members (excludes halogenated alkanes) is 2. The average molecular weight is 403 g/mol. The van der Waals surface area contributed by atoms with Crippen LogP contribution in [-0.4, -0.2) is 10.2 Å². The molecule has 7 heteroatoms. The summed E-state index contributed by atoms with van der Waals surface area (Å²) in [4.78, 5) is 15.5. The lowest BCUT2D eigenvalue weighted by atomic mass is 9.94. The van der Waals surface area contributed by atoms with Gasteiger partial charge in [-0.1, -0.05) is 24.7 Å². The van der Waals surface area contributed by atoms with Gasteiger partial charge in [0.2, 0.25) is 5.82 Å². The number of rotatable bonds is 6. The molecule has 0 fully saturated rings. The zero-order valence-electron chi connectivity index (χ0n) is 16.8. The summed E-state index contributed by atoms with van der Waals surface area (Å²) < 4.78 is 15.0. The smallest absolute Gasteiger partial charge is 0.465 e. The highest BCUT2D eigenvalue weighted by Gasteiger charge is 2.34. The zero-order valence-corrected chi connectivity index (χ0v) is 17.6. The Morgan fingerprint density at radius 2 is 2.18 bits per heavy atom. The lowest BCUT2D eigenvalue weighted by Crippen LogP contribution is -2.55. The van der Waals surface area contributed by atoms with Crippen molar-refractivity contribution >= 4 is 27.4 Å². The molecule has 0 aliphatic carbocycles. The molecule has 0 aromatic carbocycles. The van der Waals surface area contributed by atoms with Crippen molar-refractivity contribution in [1.82, 2.24) is 4.57 Å². The molecule has 0 unspecified atom stereocenters. The van der Waals surface area contributed by atoms with Gasteiger partial charge in [-0.2, -0.15) is 13.9 Å². The van der Waals surface area contributed by atoms with Crippen LogP contribution in [0.15, 0.2) is 27.6 Å². The Bertz CT molecular complexity index is 1050. The van der Waals surface area contributed by atoms with Gasteiger partial charge in [-0.15, -0.1) is 0 Å². The molecule has 1 aliphatic heterocycles. The molecule has 0 atom stereocenters. The van der Waals surface area contributed by atoms with Crippen LogP contribution in [-0.2, 0) is 30.9 Å². The standard InChI is InChI=1S/C21H27N3O3S/c1-4-5-6-9-23-19-17(15-11-21(2,3)27-13-16(15)28-19)18(22)24(20(23)25)12-14-8-7-10-26-14/h7-8,10,22H,4-6,9,11-13H2,1-3H3/p+1. The highest BCUT2D eigenvalue weighted by atomic mass is 32.1. The number of hydrogen-bond donors (Lipinski definition) is 1. The summed E-state index contributed by atoms with van der Waals surface area (Å²) >= 11 is 1.65. The van der Waals surface area contributed by atoms with Gasteiger partial charge in [-0.25, -0.2) is 0 Å². The van der Waals surface area contributed by atoms with Gasteiger partial charge in [0.1, 0.15) is 11.1 Å². The molecule has 4 rings (SSSR count). The summed E-state index contributed by atoms with van der Waals surface area (Å²) in [6.45, 7) is 7.98. The Labute approximate surface area is 168 Å². The van der Waals surface area contributed by atoms with E-state index < -0.39 is 0 Å². The number of furan rings is 1. The molecule has 1 aliphatic rings. The number of hydrogen-bond acceptors (Lipinski definition) is 5. The van der Waals surface area contributed by atoms with Crippen molar-refractivity contribution in [1.29, 1.82) is 0 Å². The van der Waals surface area contributed by atoms with Crippen LogP contribution >= 0.6 is 11.3 Å². The van der Waals surface area contributed by atoms with Crippen molar-refractivity contribution < 1.29 is 13.7 Å². The Morgan fingerprint density at radius 1 is 1.36 bits per heavy atom. The largest absolute Gasteiger partial charge is 0.501 e. The molecule has 3 aromatic heterocycles. The summed E-state index contributed by atoms with van der Waals surface area (Å²) in [6, 6.07) is 3.70. The fourth-order valence-electron chi connectivity index (χ4n) is 3.89. The van der Waals surface area contributed by atoms with E-state index in [1.165, 1.54) is 10.4 Å². The van der Waals surface area contributed by atoms with E-state index in [2.05, 4.69) is 20.8 Å². The van der Waals surface area contributed by atoms with Gasteiger partial charge in [0.15, 0.2) is 11.4 Å². The number of aromatic nitrogens is 2. The summed E-state index contributed by atoms with van der Waals surface area (Å²) in [5.41, 5.74) is 7.51. The topological polar surface area (TPSA) is 74.3 Å². The number of nitrogens with two attached hydrogens (primary N) is 1. The SMILES string of the molecule is CCCCC[n+]1c(=O)n(Cc2ccco2)c(N)c2c3c(sc21)COC(C)(C)C3. The normalized spacial score (nSPS) is 15.8. The first-order chi connectivity index (χ1) is 13.4. The minimum absolute atomic E-state index is 0.0729. The molecule has 150 valence electrons. The van der Waals surface area contributed by atoms with Crippen LogP contribution in [0.4, 0.5) is 5.82 Å². The van der Waals surface area contributed by atoms with Crippen molar-refractivity contribution in [3.05, 3.63) is 45.1 Å². The highest BCUT2D eigenvalue weighted by Crippen LogP contribution is 2.39. The Balaban J connectivity index is 1.92. The molecule has 0 saturated carbocycles. The molecule has 2 N–H and O–H groups in total. The van der Waals surface area contributed by atoms with Crippen molar-refractivity contribution in [3.63, 3.8) is 0 Å². The van der Waals surface area contributed by atoms with Crippen molar-refractivity contribution in [2.45, 2.75) is 71.8 Å². The first-order valence-electron chi connectivity index (χ1n) is 9.94. The van der Waals surface area contributed by atoms with Crippen LogP contribution < -0.4 is 16.0 Å². The van der Waals surface area contributed by atoms with E-state index in [0.29, 0.717) is 25.5 Å². The molecule has 0 spiro atoms. The number of nitrogen functional groups attached to an aromatic ring is 1. The van der Waals surface area contributed by atoms with E-state index in [9.17, 15) is 4.79 Å².